The molecular weight excluding hydrogens is 285 g/mol. The van der Waals surface area contributed by atoms with Crippen LogP contribution in [0.2, 0.25) is 0 Å². The third kappa shape index (κ3) is 2.58. The molecule has 0 aliphatic carbocycles. The topological polar surface area (TPSA) is 30.0 Å². The molecule has 86 valence electrons. The van der Waals surface area contributed by atoms with Gasteiger partial charge in [0.05, 0.1) is 0 Å². The van der Waals surface area contributed by atoms with Crippen molar-refractivity contribution in [2.75, 3.05) is 0 Å². The van der Waals surface area contributed by atoms with E-state index in [1.54, 1.807) is 12.3 Å². The molecule has 17 heavy (non-hydrogen) atoms. The van der Waals surface area contributed by atoms with Gasteiger partial charge < -0.3 is 0 Å². The Labute approximate surface area is 107 Å². The number of pyridine rings is 1. The van der Waals surface area contributed by atoms with Crippen molar-refractivity contribution >= 4 is 21.7 Å². The van der Waals surface area contributed by atoms with Gasteiger partial charge >= 0.3 is 0 Å². The third-order valence-corrected chi connectivity index (χ3v) is 2.97. The van der Waals surface area contributed by atoms with Crippen molar-refractivity contribution in [1.82, 2.24) is 4.98 Å². The zero-order valence-corrected chi connectivity index (χ0v) is 10.7. The van der Waals surface area contributed by atoms with E-state index in [4.69, 9.17) is 0 Å². The van der Waals surface area contributed by atoms with E-state index in [1.165, 1.54) is 24.4 Å². The number of hydrogen-bond acceptors (Lipinski definition) is 2. The molecule has 0 unspecified atom stereocenters. The summed E-state index contributed by atoms with van der Waals surface area (Å²) in [6, 6.07) is 5.76. The van der Waals surface area contributed by atoms with E-state index in [0.717, 1.165) is 5.56 Å². The van der Waals surface area contributed by atoms with E-state index < -0.39 is 0 Å². The van der Waals surface area contributed by atoms with Crippen LogP contribution in [0.4, 0.5) is 4.39 Å². The molecular formula is C13H9BrFNO. The fourth-order valence-corrected chi connectivity index (χ4v) is 2.04. The van der Waals surface area contributed by atoms with Gasteiger partial charge in [-0.1, -0.05) is 0 Å². The summed E-state index contributed by atoms with van der Waals surface area (Å²) >= 11 is 3.18. The summed E-state index contributed by atoms with van der Waals surface area (Å²) in [4.78, 5) is 16.1. The maximum absolute atomic E-state index is 12.9. The molecule has 2 rings (SSSR count). The van der Waals surface area contributed by atoms with E-state index in [2.05, 4.69) is 20.9 Å². The molecule has 4 heteroatoms. The number of benzene rings is 1. The van der Waals surface area contributed by atoms with E-state index >= 15 is 0 Å². The van der Waals surface area contributed by atoms with Crippen LogP contribution in [0.3, 0.4) is 0 Å². The van der Waals surface area contributed by atoms with Crippen LogP contribution in [-0.2, 0) is 0 Å². The maximum atomic E-state index is 12.9. The van der Waals surface area contributed by atoms with Crippen molar-refractivity contribution in [3.63, 3.8) is 0 Å². The Bertz CT molecular complexity index is 583. The normalized spacial score (nSPS) is 10.3. The highest BCUT2D eigenvalue weighted by molar-refractivity contribution is 9.10. The van der Waals surface area contributed by atoms with E-state index in [9.17, 15) is 9.18 Å². The van der Waals surface area contributed by atoms with Crippen molar-refractivity contribution in [1.29, 1.82) is 0 Å². The fourth-order valence-electron chi connectivity index (χ4n) is 1.51. The number of aromatic nitrogens is 1. The van der Waals surface area contributed by atoms with Crippen LogP contribution in [0.15, 0.2) is 41.1 Å². The molecule has 1 aromatic heterocycles. The van der Waals surface area contributed by atoms with Crippen molar-refractivity contribution < 1.29 is 9.18 Å². The van der Waals surface area contributed by atoms with E-state index in [1.807, 2.05) is 6.92 Å². The average molecular weight is 294 g/mol. The Hall–Kier alpha value is -1.55. The Morgan fingerprint density at radius 3 is 2.71 bits per heavy atom. The van der Waals surface area contributed by atoms with Gasteiger partial charge in [0, 0.05) is 28.0 Å². The summed E-state index contributed by atoms with van der Waals surface area (Å²) < 4.78 is 13.4. The number of carbonyl (C=O) groups is 1. The minimum Gasteiger partial charge on any atom is -0.289 e. The monoisotopic (exact) mass is 293 g/mol. The highest BCUT2D eigenvalue weighted by Gasteiger charge is 2.13. The Kier molecular flexibility index (Phi) is 3.33. The number of hydrogen-bond donors (Lipinski definition) is 0. The van der Waals surface area contributed by atoms with Crippen LogP contribution in [0, 0.1) is 12.7 Å². The van der Waals surface area contributed by atoms with Gasteiger partial charge in [0.1, 0.15) is 5.82 Å². The number of aryl methyl sites for hydroxylation is 1. The van der Waals surface area contributed by atoms with Gasteiger partial charge in [-0.15, -0.1) is 0 Å². The lowest BCUT2D eigenvalue weighted by Gasteiger charge is -2.04. The molecule has 0 N–H and O–H groups in total. The largest absolute Gasteiger partial charge is 0.289 e. The molecule has 1 heterocycles. The number of ketones is 1. The average Bonchev–Trinajstić information content (AvgIpc) is 2.28. The zero-order chi connectivity index (χ0) is 12.4. The second kappa shape index (κ2) is 4.75. The lowest BCUT2D eigenvalue weighted by atomic mass is 10.0. The molecule has 2 nitrogen and oxygen atoms in total. The molecule has 0 saturated heterocycles. The van der Waals surface area contributed by atoms with Crippen LogP contribution in [0.5, 0.6) is 0 Å². The fraction of sp³-hybridized carbons (Fsp3) is 0.0769. The predicted octanol–water partition coefficient (Wildman–Crippen LogP) is 3.52. The van der Waals surface area contributed by atoms with Gasteiger partial charge in [-0.3, -0.25) is 9.78 Å². The standard InChI is InChI=1S/C13H9BrFNO/c1-8-4-9(7-16-6-8)13(17)11-3-2-10(15)5-12(11)14/h2-7H,1H3. The highest BCUT2D eigenvalue weighted by Crippen LogP contribution is 2.21. The second-order valence-electron chi connectivity index (χ2n) is 3.70. The molecule has 0 amide bonds. The lowest BCUT2D eigenvalue weighted by Crippen LogP contribution is -2.03. The third-order valence-electron chi connectivity index (χ3n) is 2.31. The Morgan fingerprint density at radius 2 is 2.06 bits per heavy atom. The van der Waals surface area contributed by atoms with E-state index in [0.29, 0.717) is 15.6 Å². The van der Waals surface area contributed by atoms with Crippen LogP contribution in [0.1, 0.15) is 21.5 Å². The second-order valence-corrected chi connectivity index (χ2v) is 4.56. The molecule has 0 aliphatic heterocycles. The summed E-state index contributed by atoms with van der Waals surface area (Å²) in [7, 11) is 0. The first-order valence-corrected chi connectivity index (χ1v) is 5.78. The smallest absolute Gasteiger partial charge is 0.195 e. The van der Waals surface area contributed by atoms with Gasteiger partial charge in [-0.2, -0.15) is 0 Å². The van der Waals surface area contributed by atoms with E-state index in [-0.39, 0.29) is 11.6 Å². The van der Waals surface area contributed by atoms with Gasteiger partial charge in [0.2, 0.25) is 0 Å². The molecule has 0 atom stereocenters. The first kappa shape index (κ1) is 11.9. The number of rotatable bonds is 2. The van der Waals surface area contributed by atoms with Crippen LogP contribution in [-0.4, -0.2) is 10.8 Å². The first-order chi connectivity index (χ1) is 8.08. The first-order valence-electron chi connectivity index (χ1n) is 4.99. The zero-order valence-electron chi connectivity index (χ0n) is 9.08. The summed E-state index contributed by atoms with van der Waals surface area (Å²) in [6.45, 7) is 1.86. The Morgan fingerprint density at radius 1 is 1.29 bits per heavy atom. The molecule has 0 fully saturated rings. The number of halogens is 2. The molecule has 2 aromatic rings. The SMILES string of the molecule is Cc1cncc(C(=O)c2ccc(F)cc2Br)c1. The summed E-state index contributed by atoms with van der Waals surface area (Å²) in [5, 5.41) is 0. The summed E-state index contributed by atoms with van der Waals surface area (Å²) in [6.07, 6.45) is 3.18. The number of nitrogens with zero attached hydrogens (tertiary/aromatic N) is 1. The molecule has 0 spiro atoms. The van der Waals surface area contributed by atoms with Crippen LogP contribution in [0.25, 0.3) is 0 Å². The van der Waals surface area contributed by atoms with Crippen LogP contribution >= 0.6 is 15.9 Å². The van der Waals surface area contributed by atoms with Gasteiger partial charge in [-0.25, -0.2) is 4.39 Å². The molecule has 0 saturated carbocycles. The molecule has 1 aromatic carbocycles. The Balaban J connectivity index is 2.44. The molecule has 0 radical (unpaired) electrons. The van der Waals surface area contributed by atoms with Crippen LogP contribution < -0.4 is 0 Å². The lowest BCUT2D eigenvalue weighted by molar-refractivity contribution is 0.103. The minimum atomic E-state index is -0.379. The van der Waals surface area contributed by atoms with Gasteiger partial charge in [0.25, 0.3) is 0 Å². The van der Waals surface area contributed by atoms with Crippen molar-refractivity contribution in [3.8, 4) is 0 Å². The molecule has 0 bridgehead atoms. The van der Waals surface area contributed by atoms with Crippen molar-refractivity contribution in [2.45, 2.75) is 6.92 Å². The highest BCUT2D eigenvalue weighted by atomic mass is 79.9. The quantitative estimate of drug-likeness (QED) is 0.793. The predicted molar refractivity (Wildman–Crippen MR) is 66.5 cm³/mol. The van der Waals surface area contributed by atoms with Gasteiger partial charge in [-0.05, 0) is 52.7 Å². The summed E-state index contributed by atoms with van der Waals surface area (Å²) in [5.74, 6) is -0.552. The molecule has 0 aliphatic rings. The van der Waals surface area contributed by atoms with Gasteiger partial charge in [0.15, 0.2) is 5.78 Å². The summed E-state index contributed by atoms with van der Waals surface area (Å²) in [5.41, 5.74) is 1.84. The maximum Gasteiger partial charge on any atom is 0.195 e. The number of carbonyl (C=O) groups excluding carboxylic acids is 1. The minimum absolute atomic E-state index is 0.173. The van der Waals surface area contributed by atoms with Crippen molar-refractivity contribution in [2.24, 2.45) is 0 Å². The van der Waals surface area contributed by atoms with Crippen molar-refractivity contribution in [3.05, 3.63) is 63.6 Å².